The average molecular weight is 351 g/mol. The van der Waals surface area contributed by atoms with Gasteiger partial charge in [0.1, 0.15) is 0 Å². The van der Waals surface area contributed by atoms with E-state index in [0.29, 0.717) is 12.8 Å². The molecule has 0 bridgehead atoms. The molecule has 3 rings (SSSR count). The van der Waals surface area contributed by atoms with Gasteiger partial charge in [0.25, 0.3) is 0 Å². The second-order valence-corrected chi connectivity index (χ2v) is 6.69. The largest absolute Gasteiger partial charge is 0.323 e. The third-order valence-corrected chi connectivity index (χ3v) is 4.58. The van der Waals surface area contributed by atoms with Crippen LogP contribution < -0.4 is 15.5 Å². The van der Waals surface area contributed by atoms with Crippen LogP contribution in [-0.2, 0) is 11.2 Å². The number of carbonyl (C=O) groups excluding carboxylic acids is 2. The van der Waals surface area contributed by atoms with E-state index in [0.717, 1.165) is 47.6 Å². The second-order valence-electron chi connectivity index (χ2n) is 6.69. The van der Waals surface area contributed by atoms with Crippen LogP contribution in [0.1, 0.15) is 37.3 Å². The van der Waals surface area contributed by atoms with E-state index in [1.165, 1.54) is 0 Å². The van der Waals surface area contributed by atoms with Crippen molar-refractivity contribution in [3.8, 4) is 0 Å². The van der Waals surface area contributed by atoms with Crippen molar-refractivity contribution in [2.75, 3.05) is 22.1 Å². The third kappa shape index (κ3) is 4.23. The van der Waals surface area contributed by atoms with E-state index in [1.807, 2.05) is 54.3 Å². The number of nitrogens with zero attached hydrogens (tertiary/aromatic N) is 1. The minimum Gasteiger partial charge on any atom is -0.312 e. The number of rotatable bonds is 5. The lowest BCUT2D eigenvalue weighted by Crippen LogP contribution is -2.35. The van der Waals surface area contributed by atoms with Gasteiger partial charge in [-0.25, -0.2) is 4.79 Å². The highest BCUT2D eigenvalue weighted by atomic mass is 16.2. The molecule has 0 saturated heterocycles. The molecule has 0 unspecified atom stereocenters. The number of amides is 3. The zero-order chi connectivity index (χ0) is 18.5. The number of fused-ring (bicyclic) bond motifs is 1. The van der Waals surface area contributed by atoms with Gasteiger partial charge in [-0.3, -0.25) is 4.79 Å². The van der Waals surface area contributed by atoms with E-state index >= 15 is 0 Å². The standard InChI is InChI=1S/C21H25N3O2/c1-3-4-13-24-19-11-10-18(14-16(19)7-12-20(24)25)23-21(26)22-17-8-5-15(2)6-9-17/h5-6,8-11,14H,3-4,7,12-13H2,1-2H3,(H2,22,23,26). The predicted molar refractivity (Wildman–Crippen MR) is 106 cm³/mol. The van der Waals surface area contributed by atoms with Gasteiger partial charge < -0.3 is 15.5 Å². The summed E-state index contributed by atoms with van der Waals surface area (Å²) in [6.45, 7) is 4.88. The van der Waals surface area contributed by atoms with Crippen LogP contribution in [-0.4, -0.2) is 18.5 Å². The lowest BCUT2D eigenvalue weighted by molar-refractivity contribution is -0.118. The first kappa shape index (κ1) is 18.0. The third-order valence-electron chi connectivity index (χ3n) is 4.58. The van der Waals surface area contributed by atoms with Crippen LogP contribution in [0.5, 0.6) is 0 Å². The van der Waals surface area contributed by atoms with Crippen molar-refractivity contribution in [1.82, 2.24) is 0 Å². The van der Waals surface area contributed by atoms with Gasteiger partial charge in [0.05, 0.1) is 0 Å². The fourth-order valence-electron chi connectivity index (χ4n) is 3.13. The maximum Gasteiger partial charge on any atom is 0.323 e. The zero-order valence-corrected chi connectivity index (χ0v) is 15.3. The van der Waals surface area contributed by atoms with Gasteiger partial charge in [0.2, 0.25) is 5.91 Å². The summed E-state index contributed by atoms with van der Waals surface area (Å²) in [5.41, 5.74) is 4.71. The summed E-state index contributed by atoms with van der Waals surface area (Å²) in [4.78, 5) is 26.3. The number of benzene rings is 2. The van der Waals surface area contributed by atoms with Crippen molar-refractivity contribution >= 4 is 29.0 Å². The molecule has 2 N–H and O–H groups in total. The maximum atomic E-state index is 12.2. The lowest BCUT2D eigenvalue weighted by atomic mass is 10.00. The van der Waals surface area contributed by atoms with Crippen LogP contribution in [0.4, 0.5) is 21.9 Å². The molecule has 0 aliphatic carbocycles. The first-order valence-corrected chi connectivity index (χ1v) is 9.15. The van der Waals surface area contributed by atoms with Crippen LogP contribution in [0.3, 0.4) is 0 Å². The number of anilines is 3. The van der Waals surface area contributed by atoms with Crippen LogP contribution in [0, 0.1) is 6.92 Å². The molecule has 0 spiro atoms. The van der Waals surface area contributed by atoms with Gasteiger partial charge in [-0.2, -0.15) is 0 Å². The molecule has 1 aliphatic heterocycles. The second kappa shape index (κ2) is 8.04. The number of carbonyl (C=O) groups is 2. The van der Waals surface area contributed by atoms with Crippen molar-refractivity contribution in [3.05, 3.63) is 53.6 Å². The van der Waals surface area contributed by atoms with Crippen molar-refractivity contribution in [2.24, 2.45) is 0 Å². The van der Waals surface area contributed by atoms with Crippen LogP contribution in [0.25, 0.3) is 0 Å². The number of urea groups is 1. The normalized spacial score (nSPS) is 13.3. The molecule has 0 atom stereocenters. The Morgan fingerprint density at radius 1 is 1.04 bits per heavy atom. The number of hydrogen-bond donors (Lipinski definition) is 2. The average Bonchev–Trinajstić information content (AvgIpc) is 2.63. The molecule has 5 heteroatoms. The molecule has 1 heterocycles. The predicted octanol–water partition coefficient (Wildman–Crippen LogP) is 4.72. The Kier molecular flexibility index (Phi) is 5.56. The molecule has 0 saturated carbocycles. The van der Waals surface area contributed by atoms with Gasteiger partial charge in [0.15, 0.2) is 0 Å². The molecule has 3 amide bonds. The maximum absolute atomic E-state index is 12.2. The zero-order valence-electron chi connectivity index (χ0n) is 15.3. The molecule has 136 valence electrons. The van der Waals surface area contributed by atoms with Gasteiger partial charge in [-0.15, -0.1) is 0 Å². The summed E-state index contributed by atoms with van der Waals surface area (Å²) < 4.78 is 0. The smallest absolute Gasteiger partial charge is 0.312 e. The van der Waals surface area contributed by atoms with E-state index in [2.05, 4.69) is 17.6 Å². The van der Waals surface area contributed by atoms with E-state index in [-0.39, 0.29) is 11.9 Å². The number of hydrogen-bond acceptors (Lipinski definition) is 2. The summed E-state index contributed by atoms with van der Waals surface area (Å²) in [5, 5.41) is 5.70. The molecule has 26 heavy (non-hydrogen) atoms. The van der Waals surface area contributed by atoms with Gasteiger partial charge in [-0.1, -0.05) is 31.0 Å². The lowest BCUT2D eigenvalue weighted by Gasteiger charge is -2.29. The van der Waals surface area contributed by atoms with Crippen molar-refractivity contribution < 1.29 is 9.59 Å². The van der Waals surface area contributed by atoms with Crippen LogP contribution in [0.15, 0.2) is 42.5 Å². The van der Waals surface area contributed by atoms with Crippen molar-refractivity contribution in [2.45, 2.75) is 39.5 Å². The highest BCUT2D eigenvalue weighted by Crippen LogP contribution is 2.30. The Hall–Kier alpha value is -2.82. The van der Waals surface area contributed by atoms with E-state index < -0.39 is 0 Å². The molecular formula is C21H25N3O2. The van der Waals surface area contributed by atoms with E-state index in [4.69, 9.17) is 0 Å². The van der Waals surface area contributed by atoms with Crippen LogP contribution >= 0.6 is 0 Å². The highest BCUT2D eigenvalue weighted by molar-refractivity contribution is 6.01. The van der Waals surface area contributed by atoms with Gasteiger partial charge >= 0.3 is 6.03 Å². The summed E-state index contributed by atoms with van der Waals surface area (Å²) >= 11 is 0. The number of unbranched alkanes of at least 4 members (excludes halogenated alkanes) is 1. The SMILES string of the molecule is CCCCN1C(=O)CCc2cc(NC(=O)Nc3ccc(C)cc3)ccc21. The Morgan fingerprint density at radius 2 is 1.73 bits per heavy atom. The molecule has 1 aliphatic rings. The van der Waals surface area contributed by atoms with Gasteiger partial charge in [0, 0.05) is 30.0 Å². The quantitative estimate of drug-likeness (QED) is 0.819. The monoisotopic (exact) mass is 351 g/mol. The Morgan fingerprint density at radius 3 is 2.46 bits per heavy atom. The fraction of sp³-hybridized carbons (Fsp3) is 0.333. The molecule has 5 nitrogen and oxygen atoms in total. The molecule has 2 aromatic rings. The van der Waals surface area contributed by atoms with Crippen LogP contribution in [0.2, 0.25) is 0 Å². The molecular weight excluding hydrogens is 326 g/mol. The Bertz CT molecular complexity index is 799. The minimum absolute atomic E-state index is 0.184. The summed E-state index contributed by atoms with van der Waals surface area (Å²) in [6.07, 6.45) is 3.28. The van der Waals surface area contributed by atoms with Crippen molar-refractivity contribution in [1.29, 1.82) is 0 Å². The summed E-state index contributed by atoms with van der Waals surface area (Å²) in [7, 11) is 0. The van der Waals surface area contributed by atoms with Crippen molar-refractivity contribution in [3.63, 3.8) is 0 Å². The Labute approximate surface area is 154 Å². The molecule has 2 aromatic carbocycles. The fourth-order valence-corrected chi connectivity index (χ4v) is 3.13. The topological polar surface area (TPSA) is 61.4 Å². The number of nitrogens with one attached hydrogen (secondary N) is 2. The highest BCUT2D eigenvalue weighted by Gasteiger charge is 2.23. The first-order chi connectivity index (χ1) is 12.6. The summed E-state index contributed by atoms with van der Waals surface area (Å²) in [5.74, 6) is 0.184. The van der Waals surface area contributed by atoms with E-state index in [9.17, 15) is 9.59 Å². The molecule has 0 radical (unpaired) electrons. The molecule has 0 aromatic heterocycles. The number of aryl methyl sites for hydroxylation is 2. The Balaban J connectivity index is 1.69. The minimum atomic E-state index is -0.275. The molecule has 0 fully saturated rings. The summed E-state index contributed by atoms with van der Waals surface area (Å²) in [6, 6.07) is 13.1. The van der Waals surface area contributed by atoms with Gasteiger partial charge in [-0.05, 0) is 55.7 Å². The first-order valence-electron chi connectivity index (χ1n) is 9.15. The van der Waals surface area contributed by atoms with E-state index in [1.54, 1.807) is 0 Å².